The van der Waals surface area contributed by atoms with E-state index in [1.165, 1.54) is 19.3 Å². The minimum Gasteiger partial charge on any atom is -0.347 e. The quantitative estimate of drug-likeness (QED) is 0.821. The van der Waals surface area contributed by atoms with Crippen molar-refractivity contribution < 1.29 is 4.79 Å². The predicted octanol–water partition coefficient (Wildman–Crippen LogP) is 2.76. The molecule has 0 bridgehead atoms. The van der Waals surface area contributed by atoms with Crippen LogP contribution >= 0.6 is 0 Å². The third-order valence-electron chi connectivity index (χ3n) is 4.12. The van der Waals surface area contributed by atoms with Gasteiger partial charge in [0, 0.05) is 11.1 Å². The zero-order valence-electron chi connectivity index (χ0n) is 13.0. The number of nitrogens with one attached hydrogen (secondary N) is 1. The highest BCUT2D eigenvalue weighted by molar-refractivity contribution is 5.97. The van der Waals surface area contributed by atoms with E-state index in [9.17, 15) is 4.79 Å². The first kappa shape index (κ1) is 15.6. The van der Waals surface area contributed by atoms with Crippen molar-refractivity contribution in [1.29, 1.82) is 0 Å². The molecule has 1 aliphatic carbocycles. The Morgan fingerprint density at radius 1 is 1.33 bits per heavy atom. The van der Waals surface area contributed by atoms with Gasteiger partial charge in [0.1, 0.15) is 0 Å². The van der Waals surface area contributed by atoms with Crippen LogP contribution in [0.5, 0.6) is 0 Å². The maximum Gasteiger partial charge on any atom is 0.252 e. The SMILES string of the molecule is Cc1ccc(C(=O)NC2(C)CCCCC2)c(C#CCN)c1. The molecule has 1 amide bonds. The molecule has 1 saturated carbocycles. The molecule has 2 rings (SSSR count). The van der Waals surface area contributed by atoms with Crippen molar-refractivity contribution in [3.63, 3.8) is 0 Å². The minimum atomic E-state index is -0.0845. The highest BCUT2D eigenvalue weighted by atomic mass is 16.1. The van der Waals surface area contributed by atoms with Gasteiger partial charge < -0.3 is 11.1 Å². The second kappa shape index (κ2) is 6.78. The van der Waals surface area contributed by atoms with E-state index in [-0.39, 0.29) is 11.4 Å². The molecular weight excluding hydrogens is 260 g/mol. The van der Waals surface area contributed by atoms with Crippen LogP contribution in [0.4, 0.5) is 0 Å². The highest BCUT2D eigenvalue weighted by Crippen LogP contribution is 2.28. The van der Waals surface area contributed by atoms with Crippen molar-refractivity contribution in [1.82, 2.24) is 5.32 Å². The second-order valence-corrected chi connectivity index (χ2v) is 6.13. The van der Waals surface area contributed by atoms with Gasteiger partial charge >= 0.3 is 0 Å². The van der Waals surface area contributed by atoms with Crippen LogP contribution in [0, 0.1) is 18.8 Å². The van der Waals surface area contributed by atoms with E-state index >= 15 is 0 Å². The van der Waals surface area contributed by atoms with Crippen molar-refractivity contribution in [3.05, 3.63) is 34.9 Å². The van der Waals surface area contributed by atoms with E-state index < -0.39 is 0 Å². The molecule has 3 N–H and O–H groups in total. The molecule has 0 heterocycles. The predicted molar refractivity (Wildman–Crippen MR) is 86.1 cm³/mol. The number of carbonyl (C=O) groups excluding carboxylic acids is 1. The van der Waals surface area contributed by atoms with Gasteiger partial charge in [0.25, 0.3) is 5.91 Å². The fourth-order valence-electron chi connectivity index (χ4n) is 2.90. The Morgan fingerprint density at radius 3 is 2.71 bits per heavy atom. The van der Waals surface area contributed by atoms with Gasteiger partial charge in [-0.15, -0.1) is 0 Å². The zero-order valence-corrected chi connectivity index (χ0v) is 13.0. The van der Waals surface area contributed by atoms with Crippen molar-refractivity contribution in [3.8, 4) is 11.8 Å². The fourth-order valence-corrected chi connectivity index (χ4v) is 2.90. The van der Waals surface area contributed by atoms with Crippen LogP contribution in [0.2, 0.25) is 0 Å². The maximum atomic E-state index is 12.6. The monoisotopic (exact) mass is 284 g/mol. The van der Waals surface area contributed by atoms with E-state index in [1.54, 1.807) is 0 Å². The average molecular weight is 284 g/mol. The Hall–Kier alpha value is -1.79. The lowest BCUT2D eigenvalue weighted by atomic mass is 9.83. The van der Waals surface area contributed by atoms with Crippen LogP contribution in [-0.4, -0.2) is 18.0 Å². The maximum absolute atomic E-state index is 12.6. The summed E-state index contributed by atoms with van der Waals surface area (Å²) in [6, 6.07) is 5.75. The molecule has 0 radical (unpaired) electrons. The largest absolute Gasteiger partial charge is 0.347 e. The molecule has 0 unspecified atom stereocenters. The van der Waals surface area contributed by atoms with Gasteiger partial charge in [0.15, 0.2) is 0 Å². The molecule has 0 spiro atoms. The number of aryl methyl sites for hydroxylation is 1. The van der Waals surface area contributed by atoms with Crippen LogP contribution in [0.1, 0.15) is 60.5 Å². The van der Waals surface area contributed by atoms with Gasteiger partial charge in [-0.3, -0.25) is 4.79 Å². The number of rotatable bonds is 2. The first-order chi connectivity index (χ1) is 10.0. The standard InChI is InChI=1S/C18H24N2O/c1-14-8-9-16(15(13-14)7-6-12-19)17(21)20-18(2)10-4-3-5-11-18/h8-9,13H,3-5,10-12,19H2,1-2H3,(H,20,21). The van der Waals surface area contributed by atoms with Gasteiger partial charge in [-0.1, -0.05) is 37.2 Å². The van der Waals surface area contributed by atoms with E-state index in [1.807, 2.05) is 25.1 Å². The van der Waals surface area contributed by atoms with Gasteiger partial charge in [-0.05, 0) is 44.4 Å². The Kier molecular flexibility index (Phi) is 5.03. The third kappa shape index (κ3) is 4.09. The van der Waals surface area contributed by atoms with Gasteiger partial charge in [0.2, 0.25) is 0 Å². The summed E-state index contributed by atoms with van der Waals surface area (Å²) in [5.74, 6) is 5.82. The molecule has 112 valence electrons. The lowest BCUT2D eigenvalue weighted by Crippen LogP contribution is -2.47. The van der Waals surface area contributed by atoms with Crippen LogP contribution in [0.15, 0.2) is 18.2 Å². The van der Waals surface area contributed by atoms with E-state index in [4.69, 9.17) is 5.73 Å². The Bertz CT molecular complexity index is 575. The third-order valence-corrected chi connectivity index (χ3v) is 4.12. The van der Waals surface area contributed by atoms with Crippen LogP contribution in [-0.2, 0) is 0 Å². The highest BCUT2D eigenvalue weighted by Gasteiger charge is 2.29. The van der Waals surface area contributed by atoms with E-state index in [2.05, 4.69) is 24.1 Å². The molecule has 0 atom stereocenters. The molecule has 0 saturated heterocycles. The summed E-state index contributed by atoms with van der Waals surface area (Å²) < 4.78 is 0. The normalized spacial score (nSPS) is 16.7. The van der Waals surface area contributed by atoms with Crippen LogP contribution < -0.4 is 11.1 Å². The number of amides is 1. The molecular formula is C18H24N2O. The molecule has 3 heteroatoms. The Labute approximate surface area is 127 Å². The van der Waals surface area contributed by atoms with Crippen LogP contribution in [0.25, 0.3) is 0 Å². The first-order valence-electron chi connectivity index (χ1n) is 7.66. The Morgan fingerprint density at radius 2 is 2.05 bits per heavy atom. The number of hydrogen-bond donors (Lipinski definition) is 2. The summed E-state index contributed by atoms with van der Waals surface area (Å²) in [7, 11) is 0. The van der Waals surface area contributed by atoms with Crippen molar-refractivity contribution in [2.24, 2.45) is 5.73 Å². The minimum absolute atomic E-state index is 0.0271. The number of nitrogens with two attached hydrogens (primary N) is 1. The second-order valence-electron chi connectivity index (χ2n) is 6.13. The topological polar surface area (TPSA) is 55.1 Å². The van der Waals surface area contributed by atoms with Gasteiger partial charge in [0.05, 0.1) is 12.1 Å². The van der Waals surface area contributed by atoms with Gasteiger partial charge in [-0.25, -0.2) is 0 Å². The van der Waals surface area contributed by atoms with Crippen LogP contribution in [0.3, 0.4) is 0 Å². The number of carbonyl (C=O) groups is 1. The molecule has 1 fully saturated rings. The molecule has 1 aliphatic rings. The molecule has 1 aromatic carbocycles. The number of benzene rings is 1. The van der Waals surface area contributed by atoms with Crippen molar-refractivity contribution in [2.45, 2.75) is 51.5 Å². The molecule has 3 nitrogen and oxygen atoms in total. The molecule has 0 aromatic heterocycles. The Balaban J connectivity index is 2.22. The smallest absolute Gasteiger partial charge is 0.252 e. The molecule has 0 aliphatic heterocycles. The van der Waals surface area contributed by atoms with E-state index in [0.717, 1.165) is 24.0 Å². The fraction of sp³-hybridized carbons (Fsp3) is 0.500. The first-order valence-corrected chi connectivity index (χ1v) is 7.66. The average Bonchev–Trinajstić information content (AvgIpc) is 2.45. The van der Waals surface area contributed by atoms with Crippen molar-refractivity contribution >= 4 is 5.91 Å². The summed E-state index contributed by atoms with van der Waals surface area (Å²) in [4.78, 5) is 12.6. The zero-order chi connectivity index (χ0) is 15.3. The summed E-state index contributed by atoms with van der Waals surface area (Å²) in [5.41, 5.74) is 7.85. The summed E-state index contributed by atoms with van der Waals surface area (Å²) in [6.07, 6.45) is 5.74. The summed E-state index contributed by atoms with van der Waals surface area (Å²) in [6.45, 7) is 4.44. The number of hydrogen-bond acceptors (Lipinski definition) is 2. The summed E-state index contributed by atoms with van der Waals surface area (Å²) >= 11 is 0. The summed E-state index contributed by atoms with van der Waals surface area (Å²) in [5, 5.41) is 3.21. The van der Waals surface area contributed by atoms with Crippen molar-refractivity contribution in [2.75, 3.05) is 6.54 Å². The molecule has 21 heavy (non-hydrogen) atoms. The van der Waals surface area contributed by atoms with Gasteiger partial charge in [-0.2, -0.15) is 0 Å². The lowest BCUT2D eigenvalue weighted by molar-refractivity contribution is 0.0882. The molecule has 1 aromatic rings. The lowest BCUT2D eigenvalue weighted by Gasteiger charge is -2.34. The van der Waals surface area contributed by atoms with E-state index in [0.29, 0.717) is 12.1 Å².